The third-order valence-corrected chi connectivity index (χ3v) is 6.08. The third-order valence-electron chi connectivity index (χ3n) is 6.08. The Morgan fingerprint density at radius 3 is 1.41 bits per heavy atom. The number of carbonyl (C=O) groups excluding carboxylic acids is 2. The first-order valence-corrected chi connectivity index (χ1v) is 11.8. The van der Waals surface area contributed by atoms with Crippen LogP contribution in [0.3, 0.4) is 0 Å². The average molecular weight is 467 g/mol. The summed E-state index contributed by atoms with van der Waals surface area (Å²) in [6.45, 7) is 0.615. The van der Waals surface area contributed by atoms with Gasteiger partial charge < -0.3 is 25.2 Å². The maximum Gasteiger partial charge on any atom is 0.306 e. The number of carboxylic acid groups (broad SMARTS) is 1. The molecule has 2 amide bonds. The number of carboxylic acids is 1. The molecule has 0 bridgehead atoms. The summed E-state index contributed by atoms with van der Waals surface area (Å²) in [5, 5.41) is 14.7. The number of hydrogen-bond acceptors (Lipinski definition) is 5. The van der Waals surface area contributed by atoms with Crippen LogP contribution in [-0.2, 0) is 4.79 Å². The summed E-state index contributed by atoms with van der Waals surface area (Å²) < 4.78 is 11.6. The van der Waals surface area contributed by atoms with E-state index in [0.717, 1.165) is 18.6 Å². The predicted molar refractivity (Wildman–Crippen MR) is 125 cm³/mol. The van der Waals surface area contributed by atoms with Gasteiger partial charge in [0.05, 0.1) is 18.1 Å². The van der Waals surface area contributed by atoms with Gasteiger partial charge in [-0.1, -0.05) is 0 Å². The van der Waals surface area contributed by atoms with Crippen LogP contribution < -0.4 is 20.1 Å². The van der Waals surface area contributed by atoms with E-state index < -0.39 is 5.97 Å². The van der Waals surface area contributed by atoms with Crippen LogP contribution in [0.5, 0.6) is 11.5 Å². The summed E-state index contributed by atoms with van der Waals surface area (Å²) in [5.41, 5.74) is 1.04. The Balaban J connectivity index is 1.15. The zero-order valence-electron chi connectivity index (χ0n) is 19.0. The van der Waals surface area contributed by atoms with Crippen LogP contribution in [0, 0.1) is 5.92 Å². The van der Waals surface area contributed by atoms with Crippen molar-refractivity contribution in [2.75, 3.05) is 13.1 Å². The minimum Gasteiger partial charge on any atom is -0.490 e. The van der Waals surface area contributed by atoms with Gasteiger partial charge in [0.1, 0.15) is 11.5 Å². The summed E-state index contributed by atoms with van der Waals surface area (Å²) >= 11 is 0. The van der Waals surface area contributed by atoms with Crippen LogP contribution in [0.2, 0.25) is 0 Å². The van der Waals surface area contributed by atoms with Gasteiger partial charge in [0.25, 0.3) is 11.8 Å². The molecule has 0 saturated heterocycles. The largest absolute Gasteiger partial charge is 0.490 e. The molecular formula is C26H30N2O6. The molecule has 2 aliphatic rings. The highest BCUT2D eigenvalue weighted by molar-refractivity contribution is 5.95. The van der Waals surface area contributed by atoms with Crippen LogP contribution in [0.15, 0.2) is 48.5 Å². The molecule has 0 radical (unpaired) electrons. The third kappa shape index (κ3) is 6.73. The average Bonchev–Trinajstić information content (AvgIpc) is 3.67. The van der Waals surface area contributed by atoms with E-state index in [1.54, 1.807) is 48.5 Å². The Kier molecular flexibility index (Phi) is 7.67. The standard InChI is InChI=1S/C26H30N2O6/c29-24(17-1-7-20(8-2-17)33-22-11-5-19(6-12-22)26(31)32)27-15-16-28-25(30)18-3-9-21(10-4-18)34-23-13-14-23/h1-4,7-10,19,22-23H,5-6,11-16H2,(H,27,29)(H,28,30)(H,31,32)/t19-,22+. The lowest BCUT2D eigenvalue weighted by Crippen LogP contribution is -2.34. The molecule has 4 rings (SSSR count). The van der Waals surface area contributed by atoms with Gasteiger partial charge >= 0.3 is 5.97 Å². The van der Waals surface area contributed by atoms with Gasteiger partial charge in [0.2, 0.25) is 0 Å². The summed E-state index contributed by atoms with van der Waals surface area (Å²) in [6.07, 6.45) is 5.16. The Hall–Kier alpha value is -3.55. The summed E-state index contributed by atoms with van der Waals surface area (Å²) in [5.74, 6) is -0.0102. The fourth-order valence-electron chi connectivity index (χ4n) is 3.92. The van der Waals surface area contributed by atoms with Crippen LogP contribution in [0.25, 0.3) is 0 Å². The zero-order chi connectivity index (χ0) is 23.9. The Labute approximate surface area is 198 Å². The van der Waals surface area contributed by atoms with Gasteiger partial charge in [0, 0.05) is 24.2 Å². The molecule has 0 heterocycles. The fraction of sp³-hybridized carbons (Fsp3) is 0.423. The van der Waals surface area contributed by atoms with Crippen molar-refractivity contribution in [1.29, 1.82) is 0 Å². The van der Waals surface area contributed by atoms with E-state index in [9.17, 15) is 14.4 Å². The molecule has 0 aromatic heterocycles. The maximum atomic E-state index is 12.4. The van der Waals surface area contributed by atoms with Crippen LogP contribution >= 0.6 is 0 Å². The lowest BCUT2D eigenvalue weighted by atomic mass is 9.87. The molecule has 2 aromatic rings. The van der Waals surface area contributed by atoms with Gasteiger partial charge in [0.15, 0.2) is 0 Å². The van der Waals surface area contributed by atoms with Crippen LogP contribution in [0.4, 0.5) is 0 Å². The van der Waals surface area contributed by atoms with Gasteiger partial charge in [-0.3, -0.25) is 14.4 Å². The molecule has 2 saturated carbocycles. The minimum atomic E-state index is -0.735. The van der Waals surface area contributed by atoms with Crippen molar-refractivity contribution < 1.29 is 29.0 Å². The van der Waals surface area contributed by atoms with Gasteiger partial charge in [-0.15, -0.1) is 0 Å². The smallest absolute Gasteiger partial charge is 0.306 e. The molecule has 8 heteroatoms. The number of carbonyl (C=O) groups is 3. The number of nitrogens with one attached hydrogen (secondary N) is 2. The molecule has 0 aliphatic heterocycles. The summed E-state index contributed by atoms with van der Waals surface area (Å²) in [7, 11) is 0. The van der Waals surface area contributed by atoms with Crippen molar-refractivity contribution in [3.8, 4) is 11.5 Å². The van der Waals surface area contributed by atoms with Gasteiger partial charge in [-0.25, -0.2) is 0 Å². The summed E-state index contributed by atoms with van der Waals surface area (Å²) in [6, 6.07) is 13.9. The molecule has 2 aliphatic carbocycles. The first-order valence-electron chi connectivity index (χ1n) is 11.8. The SMILES string of the molecule is O=C(NCCNC(=O)c1ccc(O[C@H]2CC[C@@H](C(=O)O)CC2)cc1)c1ccc(OC2CC2)cc1. The second-order valence-electron chi connectivity index (χ2n) is 8.81. The normalized spacial score (nSPS) is 19.6. The van der Waals surface area contributed by atoms with Gasteiger partial charge in [-0.05, 0) is 87.1 Å². The minimum absolute atomic E-state index is 0.000754. The number of ether oxygens (including phenoxy) is 2. The number of hydrogen-bond donors (Lipinski definition) is 3. The quantitative estimate of drug-likeness (QED) is 0.463. The molecule has 180 valence electrons. The molecule has 34 heavy (non-hydrogen) atoms. The maximum absolute atomic E-state index is 12.4. The van der Waals surface area contributed by atoms with Crippen molar-refractivity contribution in [1.82, 2.24) is 10.6 Å². The number of aliphatic carboxylic acids is 1. The lowest BCUT2D eigenvalue weighted by molar-refractivity contribution is -0.143. The lowest BCUT2D eigenvalue weighted by Gasteiger charge is -2.26. The van der Waals surface area contributed by atoms with E-state index in [1.807, 2.05) is 0 Å². The molecule has 2 fully saturated rings. The second-order valence-corrected chi connectivity index (χ2v) is 8.81. The number of rotatable bonds is 10. The van der Waals surface area contributed by atoms with Crippen molar-refractivity contribution in [2.45, 2.75) is 50.7 Å². The Morgan fingerprint density at radius 1 is 0.676 bits per heavy atom. The van der Waals surface area contributed by atoms with E-state index in [4.69, 9.17) is 14.6 Å². The highest BCUT2D eigenvalue weighted by Crippen LogP contribution is 2.28. The second kappa shape index (κ2) is 11.0. The zero-order valence-corrected chi connectivity index (χ0v) is 19.0. The molecule has 0 spiro atoms. The van der Waals surface area contributed by atoms with E-state index in [2.05, 4.69) is 10.6 Å². The Morgan fingerprint density at radius 2 is 1.06 bits per heavy atom. The van der Waals surface area contributed by atoms with Gasteiger partial charge in [-0.2, -0.15) is 0 Å². The first kappa shape index (κ1) is 23.6. The monoisotopic (exact) mass is 466 g/mol. The van der Waals surface area contributed by atoms with E-state index in [-0.39, 0.29) is 23.8 Å². The molecular weight excluding hydrogens is 436 g/mol. The van der Waals surface area contributed by atoms with E-state index >= 15 is 0 Å². The van der Waals surface area contributed by atoms with E-state index in [1.165, 1.54) is 0 Å². The van der Waals surface area contributed by atoms with Crippen LogP contribution in [0.1, 0.15) is 59.2 Å². The highest BCUT2D eigenvalue weighted by Gasteiger charge is 2.27. The Bertz CT molecular complexity index is 993. The van der Waals surface area contributed by atoms with Crippen molar-refractivity contribution in [3.05, 3.63) is 59.7 Å². The van der Waals surface area contributed by atoms with Crippen LogP contribution in [-0.4, -0.2) is 48.2 Å². The fourth-order valence-corrected chi connectivity index (χ4v) is 3.92. The molecule has 3 N–H and O–H groups in total. The molecule has 0 atom stereocenters. The van der Waals surface area contributed by atoms with E-state index in [0.29, 0.717) is 61.8 Å². The summed E-state index contributed by atoms with van der Waals surface area (Å²) in [4.78, 5) is 35.7. The van der Waals surface area contributed by atoms with Crippen molar-refractivity contribution >= 4 is 17.8 Å². The highest BCUT2D eigenvalue weighted by atomic mass is 16.5. The molecule has 8 nitrogen and oxygen atoms in total. The topological polar surface area (TPSA) is 114 Å². The first-order chi connectivity index (χ1) is 16.5. The number of benzene rings is 2. The molecule has 2 aromatic carbocycles. The predicted octanol–water partition coefficient (Wildman–Crippen LogP) is 3.41. The van der Waals surface area contributed by atoms with Crippen molar-refractivity contribution in [3.63, 3.8) is 0 Å². The number of amides is 2. The molecule has 0 unspecified atom stereocenters. The van der Waals surface area contributed by atoms with Crippen molar-refractivity contribution in [2.24, 2.45) is 5.92 Å².